The Morgan fingerprint density at radius 1 is 0.195 bits per heavy atom. The molecule has 0 spiro atoms. The van der Waals surface area contributed by atoms with E-state index in [0.29, 0.717) is 28.9 Å². The summed E-state index contributed by atoms with van der Waals surface area (Å²) in [7, 11) is 0. The molecule has 688 valence electrons. The molecule has 15 heteroatoms. The van der Waals surface area contributed by atoms with Crippen LogP contribution in [0.25, 0.3) is 328 Å². The van der Waals surface area contributed by atoms with Crippen LogP contribution in [0.1, 0.15) is 0 Å². The van der Waals surface area contributed by atoms with Crippen LogP contribution in [0.5, 0.6) is 0 Å². The van der Waals surface area contributed by atoms with Gasteiger partial charge in [0.25, 0.3) is 0 Å². The quantitative estimate of drug-likeness (QED) is 0.154. The Morgan fingerprint density at radius 3 is 0.980 bits per heavy atom. The van der Waals surface area contributed by atoms with E-state index in [9.17, 15) is 0 Å². The van der Waals surface area contributed by atoms with Crippen molar-refractivity contribution in [3.8, 4) is 62.7 Å². The van der Waals surface area contributed by atoms with E-state index in [1.54, 1.807) is 11.3 Å². The molecule has 149 heavy (non-hydrogen) atoms. The number of hydrogen-bond acceptors (Lipinski definition) is 9. The zero-order chi connectivity index (χ0) is 96.8. The summed E-state index contributed by atoms with van der Waals surface area (Å²) in [6, 6.07) is 160. The van der Waals surface area contributed by atoms with E-state index in [1.165, 1.54) is 178 Å². The van der Waals surface area contributed by atoms with Crippen LogP contribution in [-0.4, -0.2) is 56.8 Å². The lowest BCUT2D eigenvalue weighted by Gasteiger charge is -2.11. The minimum absolute atomic E-state index is 0.621. The summed E-state index contributed by atoms with van der Waals surface area (Å²) < 4.78 is 29.6. The summed E-state index contributed by atoms with van der Waals surface area (Å²) in [5.41, 5.74) is 31.2. The smallest absolute Gasteiger partial charge is 0.236 e. The molecule has 36 rings (SSSR count). The predicted molar refractivity (Wildman–Crippen MR) is 617 cm³/mol. The monoisotopic (exact) mass is 1910 g/mol. The average molecular weight is 1920 g/mol. The summed E-state index contributed by atoms with van der Waals surface area (Å²) in [6.45, 7) is 0. The van der Waals surface area contributed by atoms with Gasteiger partial charge in [-0.1, -0.05) is 309 Å². The van der Waals surface area contributed by atoms with E-state index < -0.39 is 0 Å². The third kappa shape index (κ3) is 11.2. The Balaban J connectivity index is 0.0000000953. The molecular formula is C134H74N12O2S. The summed E-state index contributed by atoms with van der Waals surface area (Å²) >= 11 is 1.78. The molecule has 0 radical (unpaired) electrons. The topological polar surface area (TPSA) is 132 Å². The third-order valence-corrected chi connectivity index (χ3v) is 32.7. The van der Waals surface area contributed by atoms with Crippen LogP contribution < -0.4 is 0 Å². The molecule has 0 bridgehead atoms. The van der Waals surface area contributed by atoms with Crippen LogP contribution in [-0.2, 0) is 0 Å². The molecule has 0 unspecified atom stereocenters. The van der Waals surface area contributed by atoms with Gasteiger partial charge in [0.2, 0.25) is 11.9 Å². The van der Waals surface area contributed by atoms with Gasteiger partial charge in [-0.15, -0.1) is 11.3 Å². The molecule has 0 aliphatic rings. The zero-order valence-electron chi connectivity index (χ0n) is 79.3. The fourth-order valence-electron chi connectivity index (χ4n) is 25.2. The Kier molecular flexibility index (Phi) is 16.4. The number of benzene rings is 21. The van der Waals surface area contributed by atoms with E-state index in [-0.39, 0.29) is 0 Å². The lowest BCUT2D eigenvalue weighted by Crippen LogP contribution is -2.03. The maximum absolute atomic E-state index is 6.55. The minimum Gasteiger partial charge on any atom is -0.452 e. The first kappa shape index (κ1) is 80.5. The van der Waals surface area contributed by atoms with Gasteiger partial charge in [0.1, 0.15) is 33.6 Å². The predicted octanol–water partition coefficient (Wildman–Crippen LogP) is 35.3. The van der Waals surface area contributed by atoms with Crippen molar-refractivity contribution < 1.29 is 8.83 Å². The van der Waals surface area contributed by atoms with Crippen molar-refractivity contribution in [2.24, 2.45) is 0 Å². The van der Waals surface area contributed by atoms with Crippen molar-refractivity contribution in [1.82, 2.24) is 56.8 Å². The Morgan fingerprint density at radius 2 is 0.517 bits per heavy atom. The van der Waals surface area contributed by atoms with Crippen molar-refractivity contribution >= 4 is 277 Å². The molecule has 14 nitrogen and oxygen atoms in total. The number of furan rings is 2. The van der Waals surface area contributed by atoms with E-state index >= 15 is 0 Å². The van der Waals surface area contributed by atoms with Gasteiger partial charge in [0.05, 0.1) is 98.7 Å². The number of rotatable bonds is 7. The van der Waals surface area contributed by atoms with E-state index in [1.807, 2.05) is 54.6 Å². The molecule has 0 fully saturated rings. The molecule has 0 aliphatic heterocycles. The zero-order valence-corrected chi connectivity index (χ0v) is 80.1. The van der Waals surface area contributed by atoms with Crippen molar-refractivity contribution in [2.45, 2.75) is 0 Å². The van der Waals surface area contributed by atoms with Crippen LogP contribution in [0, 0.1) is 0 Å². The van der Waals surface area contributed by atoms with Gasteiger partial charge in [-0.2, -0.15) is 0 Å². The summed E-state index contributed by atoms with van der Waals surface area (Å²) in [5.74, 6) is 1.98. The Hall–Kier alpha value is -20.0. The number of para-hydroxylation sites is 11. The van der Waals surface area contributed by atoms with Crippen LogP contribution in [0.3, 0.4) is 0 Å². The molecule has 15 heterocycles. The molecule has 0 aliphatic carbocycles. The number of hydrogen-bond donors (Lipinski definition) is 0. The Labute approximate surface area is 848 Å². The standard InChI is InChI=1S/C46H26N4O.C44H24N4O.C44H24N4S/c1-2-12-27(13-3-1)41-45-42(33-17-7-11-21-39(33)51-45)48-46(47-41)28-22-24-29(25-23-28)49-36-18-8-4-14-30(36)34-26-35-31-15-5-9-19-37(31)50-38-20-10-6-16-32(38)40(43(34)49)44(35)50;2*1-2-12-26-23-27(22-21-25(26)11-1)39-43-40(31-16-6-10-20-37(31)49-43)46-44(45-39)48-35-18-8-4-14-29(35)33-24-32-28-13-3-7-17-34(28)47-36-19-9-5-15-30(36)38(41(32)47)42(33)48/h1-26H;2*1-24H. The van der Waals surface area contributed by atoms with Crippen molar-refractivity contribution in [2.75, 3.05) is 0 Å². The van der Waals surface area contributed by atoms with Crippen LogP contribution in [0.15, 0.2) is 458 Å². The fourth-order valence-corrected chi connectivity index (χ4v) is 26.4. The van der Waals surface area contributed by atoms with Crippen LogP contribution in [0.4, 0.5) is 0 Å². The lowest BCUT2D eigenvalue weighted by molar-refractivity contribution is 0.666. The molecule has 0 atom stereocenters. The van der Waals surface area contributed by atoms with E-state index in [2.05, 4.69) is 421 Å². The van der Waals surface area contributed by atoms with Gasteiger partial charge < -0.3 is 26.6 Å². The molecule has 15 aromatic heterocycles. The van der Waals surface area contributed by atoms with Gasteiger partial charge >= 0.3 is 0 Å². The van der Waals surface area contributed by atoms with E-state index in [0.717, 1.165) is 121 Å². The molecule has 0 N–H and O–H groups in total. The van der Waals surface area contributed by atoms with Gasteiger partial charge in [-0.05, 0) is 161 Å². The highest BCUT2D eigenvalue weighted by Crippen LogP contribution is 2.54. The summed E-state index contributed by atoms with van der Waals surface area (Å²) in [6.07, 6.45) is 0. The van der Waals surface area contributed by atoms with Crippen LogP contribution >= 0.6 is 11.3 Å². The maximum atomic E-state index is 6.55. The minimum atomic E-state index is 0.621. The SMILES string of the molecule is c1ccc(-c2nc(-c3ccc(-n4c5ccccc5c5cc6c7ccccc7n7c8ccccc8c(c54)c67)cc3)nc3c2oc2ccccc23)cc1.c1ccc2cc(-c3nc(-n4c5ccccc5c5cc6c7ccccc7n7c8ccccc8c(c54)c67)nc4c3oc3ccccc34)ccc2c1.c1ccc2cc(-c3nc(-n4c5ccccc5c5cc6c7ccccc7n7c8ccccc8c(c54)c67)nc4c3sc3ccccc34)ccc2c1. The van der Waals surface area contributed by atoms with Gasteiger partial charge in [0, 0.05) is 146 Å². The van der Waals surface area contributed by atoms with Crippen molar-refractivity contribution in [3.63, 3.8) is 0 Å². The van der Waals surface area contributed by atoms with E-state index in [4.69, 9.17) is 38.7 Å². The second kappa shape index (κ2) is 30.3. The highest BCUT2D eigenvalue weighted by atomic mass is 32.1. The highest BCUT2D eigenvalue weighted by molar-refractivity contribution is 7.26. The first-order chi connectivity index (χ1) is 73.9. The van der Waals surface area contributed by atoms with Gasteiger partial charge in [-0.25, -0.2) is 29.9 Å². The first-order valence-electron chi connectivity index (χ1n) is 50.5. The van der Waals surface area contributed by atoms with Crippen molar-refractivity contribution in [1.29, 1.82) is 0 Å². The molecule has 0 saturated carbocycles. The number of thiophene rings is 1. The van der Waals surface area contributed by atoms with Crippen LogP contribution in [0.2, 0.25) is 0 Å². The van der Waals surface area contributed by atoms with Gasteiger partial charge in [0.15, 0.2) is 17.0 Å². The molecular weight excluding hydrogens is 1840 g/mol. The Bertz CT molecular complexity index is 11700. The number of nitrogens with zero attached hydrogens (tertiary/aromatic N) is 12. The maximum Gasteiger partial charge on any atom is 0.236 e. The lowest BCUT2D eigenvalue weighted by atomic mass is 10.0. The summed E-state index contributed by atoms with van der Waals surface area (Å²) in [4.78, 5) is 32.1. The summed E-state index contributed by atoms with van der Waals surface area (Å²) in [5, 5.41) is 30.2. The fraction of sp³-hybridized carbons (Fsp3) is 0. The van der Waals surface area contributed by atoms with Gasteiger partial charge in [-0.3, -0.25) is 9.13 Å². The highest BCUT2D eigenvalue weighted by Gasteiger charge is 2.33. The normalized spacial score (nSPS) is 12.4. The average Bonchev–Trinajstić information content (AvgIpc) is 1.52. The second-order valence-corrected chi connectivity index (χ2v) is 40.4. The van der Waals surface area contributed by atoms with Crippen molar-refractivity contribution in [3.05, 3.63) is 449 Å². The number of fused-ring (bicyclic) bond motifs is 41. The second-order valence-electron chi connectivity index (χ2n) is 39.3. The molecule has 36 aromatic rings. The first-order valence-corrected chi connectivity index (χ1v) is 51.3. The largest absolute Gasteiger partial charge is 0.452 e. The molecule has 0 saturated heterocycles. The molecule has 21 aromatic carbocycles. The molecule has 0 amide bonds. The third-order valence-electron chi connectivity index (χ3n) is 31.5. The number of aromatic nitrogens is 12.